The van der Waals surface area contributed by atoms with E-state index in [9.17, 15) is 0 Å². The van der Waals surface area contributed by atoms with Gasteiger partial charge < -0.3 is 9.80 Å². The van der Waals surface area contributed by atoms with Crippen LogP contribution >= 0.6 is 12.4 Å². The summed E-state index contributed by atoms with van der Waals surface area (Å²) in [6, 6.07) is 8.51. The van der Waals surface area contributed by atoms with E-state index in [0.29, 0.717) is 0 Å². The second kappa shape index (κ2) is 4.89. The number of hydrogen-bond donors (Lipinski definition) is 0. The number of hydrogen-bond acceptors (Lipinski definition) is 2. The van der Waals surface area contributed by atoms with Crippen LogP contribution in [0.5, 0.6) is 0 Å². The first-order valence-electron chi connectivity index (χ1n) is 4.69. The number of rotatable bonds is 2. The monoisotopic (exact) mass is 222 g/mol. The van der Waals surface area contributed by atoms with E-state index in [1.165, 1.54) is 11.3 Å². The Morgan fingerprint density at radius 2 is 1.87 bits per heavy atom. The van der Waals surface area contributed by atoms with E-state index in [2.05, 4.69) is 48.9 Å². The molecule has 2 nitrogen and oxygen atoms in total. The first kappa shape index (κ1) is 11.7. The van der Waals surface area contributed by atoms with Crippen molar-refractivity contribution >= 4 is 18.1 Å². The maximum Gasteiger partial charge on any atom is 0.0983 e. The molecule has 1 heterocycles. The van der Waals surface area contributed by atoms with Crippen LogP contribution in [-0.2, 0) is 0 Å². The van der Waals surface area contributed by atoms with Gasteiger partial charge in [-0.2, -0.15) is 0 Å². The SMILES string of the molecule is C=CN1C=CN(c2ccc(C)cc2)C1.Cl. The zero-order chi connectivity index (χ0) is 9.97. The van der Waals surface area contributed by atoms with E-state index >= 15 is 0 Å². The lowest BCUT2D eigenvalue weighted by Gasteiger charge is -2.18. The second-order valence-corrected chi connectivity index (χ2v) is 3.44. The first-order chi connectivity index (χ1) is 6.79. The van der Waals surface area contributed by atoms with Crippen LogP contribution in [0.3, 0.4) is 0 Å². The lowest BCUT2D eigenvalue weighted by molar-refractivity contribution is 0.550. The third-order valence-corrected chi connectivity index (χ3v) is 2.35. The Morgan fingerprint density at radius 1 is 1.20 bits per heavy atom. The average molecular weight is 223 g/mol. The Balaban J connectivity index is 0.00000112. The van der Waals surface area contributed by atoms with E-state index in [0.717, 1.165) is 6.67 Å². The Kier molecular flexibility index (Phi) is 3.81. The van der Waals surface area contributed by atoms with Gasteiger partial charge in [-0.1, -0.05) is 24.3 Å². The van der Waals surface area contributed by atoms with Gasteiger partial charge >= 0.3 is 0 Å². The van der Waals surface area contributed by atoms with E-state index in [1.807, 2.05) is 17.3 Å². The van der Waals surface area contributed by atoms with Crippen LogP contribution in [0, 0.1) is 6.92 Å². The molecule has 0 N–H and O–H groups in total. The maximum absolute atomic E-state index is 3.73. The highest BCUT2D eigenvalue weighted by atomic mass is 35.5. The summed E-state index contributed by atoms with van der Waals surface area (Å²) in [5.41, 5.74) is 2.51. The Morgan fingerprint density at radius 3 is 2.40 bits per heavy atom. The van der Waals surface area contributed by atoms with Crippen LogP contribution in [0.15, 0.2) is 49.4 Å². The van der Waals surface area contributed by atoms with Gasteiger partial charge in [0.1, 0.15) is 0 Å². The van der Waals surface area contributed by atoms with Crippen molar-refractivity contribution < 1.29 is 0 Å². The summed E-state index contributed by atoms with van der Waals surface area (Å²) in [7, 11) is 0. The van der Waals surface area contributed by atoms with Crippen molar-refractivity contribution in [2.75, 3.05) is 11.6 Å². The van der Waals surface area contributed by atoms with E-state index in [-0.39, 0.29) is 12.4 Å². The first-order valence-corrected chi connectivity index (χ1v) is 4.69. The molecule has 0 amide bonds. The van der Waals surface area contributed by atoms with Crippen LogP contribution in [0.25, 0.3) is 0 Å². The highest BCUT2D eigenvalue weighted by molar-refractivity contribution is 5.85. The predicted molar refractivity (Wildman–Crippen MR) is 66.9 cm³/mol. The molecule has 0 bridgehead atoms. The van der Waals surface area contributed by atoms with E-state index < -0.39 is 0 Å². The zero-order valence-corrected chi connectivity index (χ0v) is 9.57. The summed E-state index contributed by atoms with van der Waals surface area (Å²) in [6.45, 7) is 6.68. The van der Waals surface area contributed by atoms with Gasteiger partial charge in [0, 0.05) is 18.1 Å². The molecule has 1 aliphatic heterocycles. The molecule has 1 aliphatic rings. The van der Waals surface area contributed by atoms with Crippen LogP contribution in [0.4, 0.5) is 5.69 Å². The zero-order valence-electron chi connectivity index (χ0n) is 8.76. The summed E-state index contributed by atoms with van der Waals surface area (Å²) >= 11 is 0. The molecule has 0 spiro atoms. The molecule has 0 fully saturated rings. The Hall–Kier alpha value is -1.41. The molecule has 80 valence electrons. The van der Waals surface area contributed by atoms with Crippen LogP contribution < -0.4 is 4.90 Å². The second-order valence-electron chi connectivity index (χ2n) is 3.44. The molecule has 3 heteroatoms. The van der Waals surface area contributed by atoms with Gasteiger partial charge in [0.2, 0.25) is 0 Å². The molecule has 0 atom stereocenters. The van der Waals surface area contributed by atoms with Crippen molar-refractivity contribution in [1.29, 1.82) is 0 Å². The molecular formula is C12H15ClN2. The van der Waals surface area contributed by atoms with Crippen molar-refractivity contribution in [3.8, 4) is 0 Å². The smallest absolute Gasteiger partial charge is 0.0983 e. The molecule has 0 saturated heterocycles. The minimum atomic E-state index is 0. The normalized spacial score (nSPS) is 13.9. The van der Waals surface area contributed by atoms with E-state index in [4.69, 9.17) is 0 Å². The van der Waals surface area contributed by atoms with Crippen molar-refractivity contribution in [3.63, 3.8) is 0 Å². The maximum atomic E-state index is 3.73. The van der Waals surface area contributed by atoms with Crippen molar-refractivity contribution in [1.82, 2.24) is 4.90 Å². The molecule has 15 heavy (non-hydrogen) atoms. The van der Waals surface area contributed by atoms with Crippen LogP contribution in [0.2, 0.25) is 0 Å². The quantitative estimate of drug-likeness (QED) is 0.759. The van der Waals surface area contributed by atoms with Gasteiger partial charge in [0.25, 0.3) is 0 Å². The predicted octanol–water partition coefficient (Wildman–Crippen LogP) is 3.11. The standard InChI is InChI=1S/C12H14N2.ClH/c1-3-13-8-9-14(10-13)12-6-4-11(2)5-7-12;/h3-9H,1,10H2,2H3;1H. The van der Waals surface area contributed by atoms with Gasteiger partial charge in [-0.3, -0.25) is 0 Å². The Bertz CT molecular complexity index is 356. The topological polar surface area (TPSA) is 6.48 Å². The lowest BCUT2D eigenvalue weighted by Crippen LogP contribution is -2.20. The number of aryl methyl sites for hydroxylation is 1. The number of nitrogens with zero attached hydrogens (tertiary/aromatic N) is 2. The van der Waals surface area contributed by atoms with E-state index in [1.54, 1.807) is 0 Å². The lowest BCUT2D eigenvalue weighted by atomic mass is 10.2. The highest BCUT2D eigenvalue weighted by Gasteiger charge is 2.10. The third kappa shape index (κ3) is 2.54. The van der Waals surface area contributed by atoms with Gasteiger partial charge in [0.05, 0.1) is 6.67 Å². The molecule has 0 unspecified atom stereocenters. The fourth-order valence-electron chi connectivity index (χ4n) is 1.46. The number of anilines is 1. The van der Waals surface area contributed by atoms with Crippen molar-refractivity contribution in [2.45, 2.75) is 6.92 Å². The summed E-state index contributed by atoms with van der Waals surface area (Å²) in [5.74, 6) is 0. The molecule has 0 aromatic heterocycles. The molecule has 0 saturated carbocycles. The highest BCUT2D eigenvalue weighted by Crippen LogP contribution is 2.19. The number of halogens is 1. The van der Waals surface area contributed by atoms with Gasteiger partial charge in [-0.05, 0) is 25.3 Å². The summed E-state index contributed by atoms with van der Waals surface area (Å²) in [4.78, 5) is 4.22. The molecule has 0 aliphatic carbocycles. The summed E-state index contributed by atoms with van der Waals surface area (Å²) in [5, 5.41) is 0. The van der Waals surface area contributed by atoms with Crippen LogP contribution in [0.1, 0.15) is 5.56 Å². The third-order valence-electron chi connectivity index (χ3n) is 2.35. The fourth-order valence-corrected chi connectivity index (χ4v) is 1.46. The van der Waals surface area contributed by atoms with Crippen LogP contribution in [-0.4, -0.2) is 11.6 Å². The van der Waals surface area contributed by atoms with Crippen molar-refractivity contribution in [2.24, 2.45) is 0 Å². The van der Waals surface area contributed by atoms with Gasteiger partial charge in [-0.15, -0.1) is 12.4 Å². The van der Waals surface area contributed by atoms with Gasteiger partial charge in [-0.25, -0.2) is 0 Å². The average Bonchev–Trinajstić information content (AvgIpc) is 2.67. The Labute approximate surface area is 96.9 Å². The molecule has 2 rings (SSSR count). The molecule has 1 aromatic carbocycles. The molecule has 0 radical (unpaired) electrons. The minimum Gasteiger partial charge on any atom is -0.335 e. The summed E-state index contributed by atoms with van der Waals surface area (Å²) in [6.07, 6.45) is 5.91. The van der Waals surface area contributed by atoms with Gasteiger partial charge in [0.15, 0.2) is 0 Å². The summed E-state index contributed by atoms with van der Waals surface area (Å²) < 4.78 is 0. The largest absolute Gasteiger partial charge is 0.335 e. The fraction of sp³-hybridized carbons (Fsp3) is 0.167. The molecular weight excluding hydrogens is 208 g/mol. The minimum absolute atomic E-state index is 0. The molecule has 1 aromatic rings. The number of benzene rings is 1. The van der Waals surface area contributed by atoms with Crippen molar-refractivity contribution in [3.05, 3.63) is 55.0 Å².